The van der Waals surface area contributed by atoms with Gasteiger partial charge in [-0.15, -0.1) is 0 Å². The number of aromatic nitrogens is 2. The third-order valence-corrected chi connectivity index (χ3v) is 3.43. The molecule has 0 amide bonds. The molecule has 0 aliphatic carbocycles. The minimum absolute atomic E-state index is 0.0288. The standard InChI is InChI=1S/C14H10Cl2F3N3O2/c1-20-12-11(5-21-13(16)22-12)24-6-10(23)8-4-7(14(17,18)19)2-3-9(8)15/h2-5H,6H2,1H3,(H,20,21,22). The predicted molar refractivity (Wildman–Crippen MR) is 82.9 cm³/mol. The van der Waals surface area contributed by atoms with Crippen molar-refractivity contribution in [2.24, 2.45) is 0 Å². The molecule has 1 N–H and O–H groups in total. The molecule has 0 saturated carbocycles. The Morgan fingerprint density at radius 3 is 2.67 bits per heavy atom. The van der Waals surface area contributed by atoms with Crippen LogP contribution in [0.5, 0.6) is 5.75 Å². The normalized spacial score (nSPS) is 11.2. The van der Waals surface area contributed by atoms with E-state index >= 15 is 0 Å². The first-order chi connectivity index (χ1) is 11.2. The molecule has 24 heavy (non-hydrogen) atoms. The maximum absolute atomic E-state index is 12.7. The molecule has 2 aromatic rings. The first kappa shape index (κ1) is 18.3. The van der Waals surface area contributed by atoms with E-state index in [9.17, 15) is 18.0 Å². The molecule has 1 aromatic heterocycles. The lowest BCUT2D eigenvalue weighted by Gasteiger charge is -2.12. The summed E-state index contributed by atoms with van der Waals surface area (Å²) in [5.41, 5.74) is -1.26. The summed E-state index contributed by atoms with van der Waals surface area (Å²) in [5, 5.41) is 2.57. The highest BCUT2D eigenvalue weighted by Crippen LogP contribution is 2.32. The molecule has 0 radical (unpaired) electrons. The molecule has 10 heteroatoms. The highest BCUT2D eigenvalue weighted by atomic mass is 35.5. The molecular weight excluding hydrogens is 370 g/mol. The second kappa shape index (κ2) is 7.23. The van der Waals surface area contributed by atoms with Crippen molar-refractivity contribution in [3.8, 4) is 5.75 Å². The zero-order valence-electron chi connectivity index (χ0n) is 12.1. The highest BCUT2D eigenvalue weighted by molar-refractivity contribution is 6.34. The number of carbonyl (C=O) groups excluding carboxylic acids is 1. The van der Waals surface area contributed by atoms with Gasteiger partial charge in [0.25, 0.3) is 0 Å². The monoisotopic (exact) mass is 379 g/mol. The largest absolute Gasteiger partial charge is 0.480 e. The molecule has 0 unspecified atom stereocenters. The molecule has 1 aromatic carbocycles. The number of nitrogens with zero attached hydrogens (tertiary/aromatic N) is 2. The number of ketones is 1. The Balaban J connectivity index is 2.19. The van der Waals surface area contributed by atoms with Crippen LogP contribution in [0.4, 0.5) is 19.0 Å². The van der Waals surface area contributed by atoms with E-state index in [1.165, 1.54) is 6.20 Å². The third kappa shape index (κ3) is 4.27. The Morgan fingerprint density at radius 1 is 1.33 bits per heavy atom. The van der Waals surface area contributed by atoms with Crippen molar-refractivity contribution in [2.75, 3.05) is 19.0 Å². The number of halogens is 5. The van der Waals surface area contributed by atoms with Gasteiger partial charge in [0, 0.05) is 12.6 Å². The number of hydrogen-bond acceptors (Lipinski definition) is 5. The maximum Gasteiger partial charge on any atom is 0.416 e. The van der Waals surface area contributed by atoms with Crippen LogP contribution >= 0.6 is 23.2 Å². The second-order valence-corrected chi connectivity index (χ2v) is 5.25. The molecule has 0 spiro atoms. The van der Waals surface area contributed by atoms with Gasteiger partial charge in [0.1, 0.15) is 0 Å². The fourth-order valence-corrected chi connectivity index (χ4v) is 2.13. The number of ether oxygens (including phenoxy) is 1. The number of hydrogen-bond donors (Lipinski definition) is 1. The fourth-order valence-electron chi connectivity index (χ4n) is 1.77. The van der Waals surface area contributed by atoms with Crippen molar-refractivity contribution < 1.29 is 22.7 Å². The molecule has 5 nitrogen and oxygen atoms in total. The van der Waals surface area contributed by atoms with Crippen molar-refractivity contribution in [3.05, 3.63) is 45.8 Å². The predicted octanol–water partition coefficient (Wildman–Crippen LogP) is 4.11. The van der Waals surface area contributed by atoms with Gasteiger partial charge >= 0.3 is 6.18 Å². The lowest BCUT2D eigenvalue weighted by atomic mass is 10.1. The zero-order valence-corrected chi connectivity index (χ0v) is 13.6. The van der Waals surface area contributed by atoms with Gasteiger partial charge in [0.15, 0.2) is 18.2 Å². The van der Waals surface area contributed by atoms with Gasteiger partial charge in [-0.25, -0.2) is 4.98 Å². The molecular formula is C14H10Cl2F3N3O2. The second-order valence-electron chi connectivity index (χ2n) is 4.51. The Hall–Kier alpha value is -2.06. The van der Waals surface area contributed by atoms with Gasteiger partial charge in [-0.05, 0) is 29.8 Å². The number of benzene rings is 1. The fraction of sp³-hybridized carbons (Fsp3) is 0.214. The molecule has 1 heterocycles. The average molecular weight is 380 g/mol. The SMILES string of the molecule is CNc1nc(Cl)ncc1OCC(=O)c1cc(C(F)(F)F)ccc1Cl. The number of carbonyl (C=O) groups is 1. The number of Topliss-reactive ketones (excluding diaryl/α,β-unsaturated/α-hetero) is 1. The van der Waals surface area contributed by atoms with Gasteiger partial charge < -0.3 is 10.1 Å². The van der Waals surface area contributed by atoms with Crippen molar-refractivity contribution in [2.45, 2.75) is 6.18 Å². The van der Waals surface area contributed by atoms with Gasteiger partial charge in [-0.2, -0.15) is 18.2 Å². The molecule has 0 atom stereocenters. The quantitative estimate of drug-likeness (QED) is 0.625. The third-order valence-electron chi connectivity index (χ3n) is 2.92. The van der Waals surface area contributed by atoms with Crippen molar-refractivity contribution in [1.82, 2.24) is 9.97 Å². The van der Waals surface area contributed by atoms with Crippen LogP contribution < -0.4 is 10.1 Å². The maximum atomic E-state index is 12.7. The van der Waals surface area contributed by atoms with Crippen LogP contribution in [0, 0.1) is 0 Å². The summed E-state index contributed by atoms with van der Waals surface area (Å²) < 4.78 is 43.4. The van der Waals surface area contributed by atoms with Crippen LogP contribution in [0.3, 0.4) is 0 Å². The number of nitrogens with one attached hydrogen (secondary N) is 1. The molecule has 0 saturated heterocycles. The number of anilines is 1. The first-order valence-corrected chi connectivity index (χ1v) is 7.21. The summed E-state index contributed by atoms with van der Waals surface area (Å²) in [4.78, 5) is 19.7. The zero-order chi connectivity index (χ0) is 17.9. The van der Waals surface area contributed by atoms with Crippen LogP contribution in [-0.2, 0) is 6.18 Å². The van der Waals surface area contributed by atoms with E-state index in [1.807, 2.05) is 0 Å². The van der Waals surface area contributed by atoms with Gasteiger partial charge in [-0.3, -0.25) is 4.79 Å². The summed E-state index contributed by atoms with van der Waals surface area (Å²) in [6.07, 6.45) is -3.34. The van der Waals surface area contributed by atoms with Crippen molar-refractivity contribution in [3.63, 3.8) is 0 Å². The molecule has 0 fully saturated rings. The summed E-state index contributed by atoms with van der Waals surface area (Å²) >= 11 is 11.4. The van der Waals surface area contributed by atoms with Gasteiger partial charge in [0.05, 0.1) is 16.8 Å². The van der Waals surface area contributed by atoms with Crippen LogP contribution in [-0.4, -0.2) is 29.4 Å². The van der Waals surface area contributed by atoms with Crippen LogP contribution in [0.2, 0.25) is 10.3 Å². The van der Waals surface area contributed by atoms with Crippen LogP contribution in [0.1, 0.15) is 15.9 Å². The average Bonchev–Trinajstić information content (AvgIpc) is 2.52. The van der Waals surface area contributed by atoms with E-state index in [0.717, 1.165) is 12.1 Å². The minimum Gasteiger partial charge on any atom is -0.480 e. The first-order valence-electron chi connectivity index (χ1n) is 6.45. The molecule has 0 aliphatic rings. The minimum atomic E-state index is -4.58. The van der Waals surface area contributed by atoms with E-state index in [0.29, 0.717) is 6.07 Å². The Labute approximate surface area is 144 Å². The Bertz CT molecular complexity index is 769. The molecule has 0 aliphatic heterocycles. The van der Waals surface area contributed by atoms with Crippen LogP contribution in [0.25, 0.3) is 0 Å². The summed E-state index contributed by atoms with van der Waals surface area (Å²) in [6.45, 7) is -0.541. The molecule has 128 valence electrons. The Kier molecular flexibility index (Phi) is 5.51. The molecule has 2 rings (SSSR count). The topological polar surface area (TPSA) is 64.1 Å². The van der Waals surface area contributed by atoms with E-state index in [2.05, 4.69) is 15.3 Å². The van der Waals surface area contributed by atoms with Gasteiger partial charge in [-0.1, -0.05) is 11.6 Å². The smallest absolute Gasteiger partial charge is 0.416 e. The Morgan fingerprint density at radius 2 is 2.04 bits per heavy atom. The summed E-state index contributed by atoms with van der Waals surface area (Å²) in [7, 11) is 1.55. The summed E-state index contributed by atoms with van der Waals surface area (Å²) in [5.74, 6) is -0.362. The lowest BCUT2D eigenvalue weighted by molar-refractivity contribution is -0.137. The van der Waals surface area contributed by atoms with Crippen LogP contribution in [0.15, 0.2) is 24.4 Å². The van der Waals surface area contributed by atoms with E-state index in [-0.39, 0.29) is 27.4 Å². The van der Waals surface area contributed by atoms with E-state index < -0.39 is 24.1 Å². The van der Waals surface area contributed by atoms with Gasteiger partial charge in [0.2, 0.25) is 11.1 Å². The number of rotatable bonds is 5. The molecule has 0 bridgehead atoms. The highest BCUT2D eigenvalue weighted by Gasteiger charge is 2.31. The van der Waals surface area contributed by atoms with E-state index in [1.54, 1.807) is 7.05 Å². The lowest BCUT2D eigenvalue weighted by Crippen LogP contribution is -2.15. The van der Waals surface area contributed by atoms with Crippen molar-refractivity contribution in [1.29, 1.82) is 0 Å². The summed E-state index contributed by atoms with van der Waals surface area (Å²) in [6, 6.07) is 2.50. The van der Waals surface area contributed by atoms with E-state index in [4.69, 9.17) is 27.9 Å². The number of alkyl halides is 3. The van der Waals surface area contributed by atoms with Crippen molar-refractivity contribution >= 4 is 34.8 Å².